The summed E-state index contributed by atoms with van der Waals surface area (Å²) in [5, 5.41) is 2.13. The predicted molar refractivity (Wildman–Crippen MR) is 73.5 cm³/mol. The van der Waals surface area contributed by atoms with Gasteiger partial charge in [0.2, 0.25) is 5.91 Å². The van der Waals surface area contributed by atoms with Gasteiger partial charge in [-0.1, -0.05) is 6.07 Å². The Labute approximate surface area is 112 Å². The monoisotopic (exact) mass is 264 g/mol. The van der Waals surface area contributed by atoms with Gasteiger partial charge in [-0.05, 0) is 30.7 Å². The second kappa shape index (κ2) is 5.41. The van der Waals surface area contributed by atoms with Crippen LogP contribution in [0, 0.1) is 5.92 Å². The van der Waals surface area contributed by atoms with Crippen molar-refractivity contribution in [3.05, 3.63) is 22.4 Å². The third-order valence-electron chi connectivity index (χ3n) is 3.79. The van der Waals surface area contributed by atoms with E-state index in [9.17, 15) is 4.79 Å². The fraction of sp³-hybridized carbons (Fsp3) is 0.643. The molecule has 2 heterocycles. The minimum absolute atomic E-state index is 0.369. The zero-order valence-corrected chi connectivity index (χ0v) is 11.5. The van der Waals surface area contributed by atoms with E-state index in [4.69, 9.17) is 0 Å². The fourth-order valence-electron chi connectivity index (χ4n) is 2.56. The van der Waals surface area contributed by atoms with Gasteiger partial charge in [0.1, 0.15) is 0 Å². The van der Waals surface area contributed by atoms with E-state index in [2.05, 4.69) is 27.3 Å². The number of hydrogen-bond donors (Lipinski definition) is 0. The van der Waals surface area contributed by atoms with E-state index in [1.165, 1.54) is 4.88 Å². The summed E-state index contributed by atoms with van der Waals surface area (Å²) in [7, 11) is 0. The van der Waals surface area contributed by atoms with Crippen LogP contribution >= 0.6 is 11.3 Å². The highest BCUT2D eigenvalue weighted by Crippen LogP contribution is 2.31. The second-order valence-corrected chi connectivity index (χ2v) is 6.34. The molecule has 3 nitrogen and oxygen atoms in total. The third-order valence-corrected chi connectivity index (χ3v) is 4.65. The van der Waals surface area contributed by atoms with Crippen LogP contribution in [-0.4, -0.2) is 41.9 Å². The molecule has 4 heteroatoms. The van der Waals surface area contributed by atoms with Crippen molar-refractivity contribution in [2.45, 2.75) is 25.8 Å². The van der Waals surface area contributed by atoms with Crippen LogP contribution in [0.2, 0.25) is 0 Å². The number of rotatable bonds is 3. The zero-order chi connectivity index (χ0) is 12.4. The summed E-state index contributed by atoms with van der Waals surface area (Å²) in [4.78, 5) is 18.0. The molecule has 1 aliphatic carbocycles. The van der Waals surface area contributed by atoms with E-state index in [0.29, 0.717) is 11.8 Å². The number of nitrogens with zero attached hydrogens (tertiary/aromatic N) is 2. The van der Waals surface area contributed by atoms with Gasteiger partial charge in [0.15, 0.2) is 0 Å². The lowest BCUT2D eigenvalue weighted by molar-refractivity contribution is -0.132. The molecule has 98 valence electrons. The minimum atomic E-state index is 0.369. The van der Waals surface area contributed by atoms with Crippen LogP contribution in [0.5, 0.6) is 0 Å². The van der Waals surface area contributed by atoms with Gasteiger partial charge in [-0.15, -0.1) is 11.3 Å². The number of amides is 1. The smallest absolute Gasteiger partial charge is 0.225 e. The first kappa shape index (κ1) is 12.2. The highest BCUT2D eigenvalue weighted by atomic mass is 32.1. The molecule has 0 radical (unpaired) electrons. The van der Waals surface area contributed by atoms with Crippen LogP contribution in [0.15, 0.2) is 17.5 Å². The molecule has 1 aliphatic heterocycles. The van der Waals surface area contributed by atoms with Crippen molar-refractivity contribution in [2.24, 2.45) is 5.92 Å². The zero-order valence-electron chi connectivity index (χ0n) is 10.7. The maximum Gasteiger partial charge on any atom is 0.225 e. The molecule has 1 saturated heterocycles. The molecule has 0 spiro atoms. The molecule has 0 atom stereocenters. The third kappa shape index (κ3) is 2.93. The van der Waals surface area contributed by atoms with E-state index in [1.807, 2.05) is 11.3 Å². The van der Waals surface area contributed by atoms with Crippen molar-refractivity contribution < 1.29 is 4.79 Å². The molecule has 1 saturated carbocycles. The lowest BCUT2D eigenvalue weighted by Crippen LogP contribution is -2.35. The van der Waals surface area contributed by atoms with Crippen LogP contribution in [0.4, 0.5) is 0 Å². The molecule has 1 aromatic heterocycles. The molecule has 0 bridgehead atoms. The Bertz CT molecular complexity index is 400. The van der Waals surface area contributed by atoms with Crippen LogP contribution in [0.1, 0.15) is 24.1 Å². The normalized spacial score (nSPS) is 21.9. The molecular formula is C14H20N2OS. The van der Waals surface area contributed by atoms with Gasteiger partial charge in [0.05, 0.1) is 0 Å². The first-order valence-electron chi connectivity index (χ1n) is 6.86. The molecule has 3 rings (SSSR count). The minimum Gasteiger partial charge on any atom is -0.341 e. The van der Waals surface area contributed by atoms with Crippen molar-refractivity contribution in [2.75, 3.05) is 26.2 Å². The Hall–Kier alpha value is -0.870. The number of carbonyl (C=O) groups excluding carboxylic acids is 1. The summed E-state index contributed by atoms with van der Waals surface area (Å²) in [5.74, 6) is 0.779. The first-order valence-corrected chi connectivity index (χ1v) is 7.74. The average molecular weight is 264 g/mol. The van der Waals surface area contributed by atoms with E-state index in [-0.39, 0.29) is 0 Å². The number of carbonyl (C=O) groups is 1. The van der Waals surface area contributed by atoms with Crippen LogP contribution in [0.25, 0.3) is 0 Å². The molecule has 2 fully saturated rings. The predicted octanol–water partition coefficient (Wildman–Crippen LogP) is 2.19. The van der Waals surface area contributed by atoms with Gasteiger partial charge in [0.25, 0.3) is 0 Å². The van der Waals surface area contributed by atoms with E-state index >= 15 is 0 Å². The van der Waals surface area contributed by atoms with Crippen molar-refractivity contribution in [1.29, 1.82) is 0 Å². The van der Waals surface area contributed by atoms with Crippen molar-refractivity contribution in [3.63, 3.8) is 0 Å². The molecule has 1 aromatic rings. The Kier molecular flexibility index (Phi) is 3.66. The Balaban J connectivity index is 1.53. The lowest BCUT2D eigenvalue weighted by Gasteiger charge is -2.21. The van der Waals surface area contributed by atoms with Gasteiger partial charge in [0, 0.05) is 43.5 Å². The number of thiophene rings is 1. The van der Waals surface area contributed by atoms with E-state index in [0.717, 1.165) is 52.0 Å². The van der Waals surface area contributed by atoms with Gasteiger partial charge in [-0.3, -0.25) is 9.69 Å². The SMILES string of the molecule is O=C(C1CC1)N1CCCN(Cc2cccs2)CC1. The molecule has 0 unspecified atom stereocenters. The molecule has 0 aromatic carbocycles. The maximum absolute atomic E-state index is 12.0. The van der Waals surface area contributed by atoms with E-state index in [1.54, 1.807) is 0 Å². The Morgan fingerprint density at radius 1 is 1.28 bits per heavy atom. The summed E-state index contributed by atoms with van der Waals surface area (Å²) in [6.45, 7) is 5.06. The maximum atomic E-state index is 12.0. The van der Waals surface area contributed by atoms with Crippen LogP contribution in [0.3, 0.4) is 0 Å². The van der Waals surface area contributed by atoms with Crippen molar-refractivity contribution in [3.8, 4) is 0 Å². The van der Waals surface area contributed by atoms with Crippen molar-refractivity contribution >= 4 is 17.2 Å². The van der Waals surface area contributed by atoms with Gasteiger partial charge in [-0.2, -0.15) is 0 Å². The quantitative estimate of drug-likeness (QED) is 0.835. The summed E-state index contributed by atoms with van der Waals surface area (Å²) in [6.07, 6.45) is 3.35. The molecule has 18 heavy (non-hydrogen) atoms. The highest BCUT2D eigenvalue weighted by Gasteiger charge is 2.33. The largest absolute Gasteiger partial charge is 0.341 e. The summed E-state index contributed by atoms with van der Waals surface area (Å²) < 4.78 is 0. The second-order valence-electron chi connectivity index (χ2n) is 5.31. The molecule has 2 aliphatic rings. The lowest BCUT2D eigenvalue weighted by atomic mass is 10.3. The number of hydrogen-bond acceptors (Lipinski definition) is 3. The molecular weight excluding hydrogens is 244 g/mol. The standard InChI is InChI=1S/C14H20N2OS/c17-14(12-4-5-12)16-7-2-6-15(8-9-16)11-13-3-1-10-18-13/h1,3,10,12H,2,4-9,11H2. The van der Waals surface area contributed by atoms with Crippen LogP contribution < -0.4 is 0 Å². The first-order chi connectivity index (χ1) is 8.83. The van der Waals surface area contributed by atoms with Crippen molar-refractivity contribution in [1.82, 2.24) is 9.80 Å². The van der Waals surface area contributed by atoms with Gasteiger partial charge < -0.3 is 4.90 Å². The van der Waals surface area contributed by atoms with Gasteiger partial charge in [-0.25, -0.2) is 0 Å². The summed E-state index contributed by atoms with van der Waals surface area (Å²) >= 11 is 1.82. The summed E-state index contributed by atoms with van der Waals surface area (Å²) in [5.41, 5.74) is 0. The molecule has 1 amide bonds. The summed E-state index contributed by atoms with van der Waals surface area (Å²) in [6, 6.07) is 4.31. The fourth-order valence-corrected chi connectivity index (χ4v) is 3.31. The Morgan fingerprint density at radius 3 is 2.89 bits per heavy atom. The van der Waals surface area contributed by atoms with Gasteiger partial charge >= 0.3 is 0 Å². The Morgan fingerprint density at radius 2 is 2.17 bits per heavy atom. The molecule has 0 N–H and O–H groups in total. The highest BCUT2D eigenvalue weighted by molar-refractivity contribution is 7.09. The average Bonchev–Trinajstić information content (AvgIpc) is 3.14. The van der Waals surface area contributed by atoms with Crippen LogP contribution in [-0.2, 0) is 11.3 Å². The van der Waals surface area contributed by atoms with E-state index < -0.39 is 0 Å². The topological polar surface area (TPSA) is 23.6 Å².